The molecule has 0 radical (unpaired) electrons. The highest BCUT2D eigenvalue weighted by Crippen LogP contribution is 2.34. The molecule has 1 saturated heterocycles. The Morgan fingerprint density at radius 3 is 2.41 bits per heavy atom. The molecule has 3 fully saturated rings. The van der Waals surface area contributed by atoms with Gasteiger partial charge >= 0.3 is 0 Å². The second-order valence-electron chi connectivity index (χ2n) is 11.3. The average molecular weight is 466 g/mol. The van der Waals surface area contributed by atoms with Gasteiger partial charge in [0.25, 0.3) is 5.91 Å². The Hall–Kier alpha value is -1.88. The van der Waals surface area contributed by atoms with Gasteiger partial charge in [0.1, 0.15) is 0 Å². The SMILES string of the molecule is CCCC1CCC(C(=O)N2CCc3cc(C(=O)N4CCCN(C5CCC5)CC4)ccc3C2)CC1. The topological polar surface area (TPSA) is 43.9 Å². The van der Waals surface area contributed by atoms with E-state index in [1.807, 2.05) is 6.07 Å². The highest BCUT2D eigenvalue weighted by molar-refractivity contribution is 5.94. The summed E-state index contributed by atoms with van der Waals surface area (Å²) in [5, 5.41) is 0. The molecule has 34 heavy (non-hydrogen) atoms. The molecule has 4 aliphatic rings. The lowest BCUT2D eigenvalue weighted by Gasteiger charge is -2.36. The van der Waals surface area contributed by atoms with E-state index >= 15 is 0 Å². The van der Waals surface area contributed by atoms with Gasteiger partial charge in [-0.3, -0.25) is 14.5 Å². The number of hydrogen-bond donors (Lipinski definition) is 0. The van der Waals surface area contributed by atoms with Crippen LogP contribution >= 0.6 is 0 Å². The summed E-state index contributed by atoms with van der Waals surface area (Å²) in [5.74, 6) is 1.59. The van der Waals surface area contributed by atoms with Crippen LogP contribution in [0.4, 0.5) is 0 Å². The number of fused-ring (bicyclic) bond motifs is 1. The van der Waals surface area contributed by atoms with Crippen molar-refractivity contribution in [1.29, 1.82) is 0 Å². The molecule has 0 spiro atoms. The third-order valence-corrected chi connectivity index (χ3v) is 9.08. The first kappa shape index (κ1) is 23.8. The van der Waals surface area contributed by atoms with Crippen molar-refractivity contribution in [2.24, 2.45) is 11.8 Å². The molecule has 2 aliphatic carbocycles. The molecule has 0 N–H and O–H groups in total. The maximum Gasteiger partial charge on any atom is 0.253 e. The number of carbonyl (C=O) groups is 2. The molecule has 186 valence electrons. The molecule has 1 aromatic rings. The fourth-order valence-electron chi connectivity index (χ4n) is 6.68. The van der Waals surface area contributed by atoms with Crippen molar-refractivity contribution in [3.8, 4) is 0 Å². The van der Waals surface area contributed by atoms with Crippen LogP contribution in [0.2, 0.25) is 0 Å². The molecule has 5 rings (SSSR count). The highest BCUT2D eigenvalue weighted by Gasteiger charge is 2.32. The zero-order chi connectivity index (χ0) is 23.5. The first-order valence-corrected chi connectivity index (χ1v) is 14.1. The molecule has 5 heteroatoms. The highest BCUT2D eigenvalue weighted by atomic mass is 16.2. The third-order valence-electron chi connectivity index (χ3n) is 9.08. The summed E-state index contributed by atoms with van der Waals surface area (Å²) in [4.78, 5) is 33.2. The summed E-state index contributed by atoms with van der Waals surface area (Å²) in [7, 11) is 0. The van der Waals surface area contributed by atoms with Crippen LogP contribution in [0.25, 0.3) is 0 Å². The minimum absolute atomic E-state index is 0.181. The Morgan fingerprint density at radius 1 is 0.853 bits per heavy atom. The lowest BCUT2D eigenvalue weighted by molar-refractivity contribution is -0.137. The van der Waals surface area contributed by atoms with Crippen LogP contribution in [0, 0.1) is 11.8 Å². The number of hydrogen-bond acceptors (Lipinski definition) is 3. The lowest BCUT2D eigenvalue weighted by atomic mass is 9.79. The molecule has 0 atom stereocenters. The van der Waals surface area contributed by atoms with Gasteiger partial charge in [-0.1, -0.05) is 32.3 Å². The Labute approximate surface area is 205 Å². The number of nitrogens with zero attached hydrogens (tertiary/aromatic N) is 3. The first-order valence-electron chi connectivity index (χ1n) is 14.1. The minimum Gasteiger partial charge on any atom is -0.338 e. The van der Waals surface area contributed by atoms with Gasteiger partial charge in [0.2, 0.25) is 5.91 Å². The molecule has 0 unspecified atom stereocenters. The molecule has 5 nitrogen and oxygen atoms in total. The third kappa shape index (κ3) is 5.19. The molecular weight excluding hydrogens is 422 g/mol. The smallest absolute Gasteiger partial charge is 0.253 e. The summed E-state index contributed by atoms with van der Waals surface area (Å²) < 4.78 is 0. The van der Waals surface area contributed by atoms with E-state index < -0.39 is 0 Å². The quantitative estimate of drug-likeness (QED) is 0.623. The van der Waals surface area contributed by atoms with Crippen molar-refractivity contribution in [2.75, 3.05) is 32.7 Å². The average Bonchev–Trinajstić information content (AvgIpc) is 3.08. The zero-order valence-corrected chi connectivity index (χ0v) is 21.1. The summed E-state index contributed by atoms with van der Waals surface area (Å²) in [6.07, 6.45) is 13.1. The summed E-state index contributed by atoms with van der Waals surface area (Å²) >= 11 is 0. The van der Waals surface area contributed by atoms with E-state index in [0.29, 0.717) is 12.5 Å². The number of carbonyl (C=O) groups excluding carboxylic acids is 2. The number of amides is 2. The van der Waals surface area contributed by atoms with Gasteiger partial charge in [0, 0.05) is 56.8 Å². The molecule has 2 amide bonds. The predicted molar refractivity (Wildman–Crippen MR) is 136 cm³/mol. The van der Waals surface area contributed by atoms with Crippen LogP contribution < -0.4 is 0 Å². The molecule has 0 bridgehead atoms. The summed E-state index contributed by atoms with van der Waals surface area (Å²) in [6.45, 7) is 7.60. The van der Waals surface area contributed by atoms with Crippen molar-refractivity contribution >= 4 is 11.8 Å². The fourth-order valence-corrected chi connectivity index (χ4v) is 6.68. The summed E-state index contributed by atoms with van der Waals surface area (Å²) in [6, 6.07) is 6.98. The predicted octanol–water partition coefficient (Wildman–Crippen LogP) is 4.88. The molecule has 1 aromatic carbocycles. The maximum atomic E-state index is 13.3. The van der Waals surface area contributed by atoms with Gasteiger partial charge in [-0.25, -0.2) is 0 Å². The molecular formula is C29H43N3O2. The van der Waals surface area contributed by atoms with Gasteiger partial charge in [-0.15, -0.1) is 0 Å². The Balaban J connectivity index is 1.17. The van der Waals surface area contributed by atoms with Crippen molar-refractivity contribution in [1.82, 2.24) is 14.7 Å². The molecule has 2 saturated carbocycles. The van der Waals surface area contributed by atoms with E-state index in [4.69, 9.17) is 0 Å². The normalized spacial score (nSPS) is 26.5. The van der Waals surface area contributed by atoms with E-state index in [1.54, 1.807) is 0 Å². The fraction of sp³-hybridized carbons (Fsp3) is 0.724. The molecule has 0 aromatic heterocycles. The van der Waals surface area contributed by atoms with Crippen LogP contribution in [0.3, 0.4) is 0 Å². The van der Waals surface area contributed by atoms with Crippen molar-refractivity contribution in [2.45, 2.75) is 90.1 Å². The monoisotopic (exact) mass is 465 g/mol. The lowest BCUT2D eigenvalue weighted by Crippen LogP contribution is -2.43. The Bertz CT molecular complexity index is 872. The molecule has 2 aliphatic heterocycles. The van der Waals surface area contributed by atoms with Crippen LogP contribution in [-0.2, 0) is 17.8 Å². The Kier molecular flexibility index (Phi) is 7.58. The van der Waals surface area contributed by atoms with Crippen LogP contribution in [0.15, 0.2) is 18.2 Å². The number of rotatable bonds is 5. The van der Waals surface area contributed by atoms with Gasteiger partial charge in [0.15, 0.2) is 0 Å². The Morgan fingerprint density at radius 2 is 1.68 bits per heavy atom. The zero-order valence-electron chi connectivity index (χ0n) is 21.1. The summed E-state index contributed by atoms with van der Waals surface area (Å²) in [5.41, 5.74) is 3.31. The van der Waals surface area contributed by atoms with Crippen molar-refractivity contribution in [3.05, 3.63) is 34.9 Å². The van der Waals surface area contributed by atoms with Gasteiger partial charge in [0.05, 0.1) is 0 Å². The van der Waals surface area contributed by atoms with Crippen molar-refractivity contribution in [3.63, 3.8) is 0 Å². The van der Waals surface area contributed by atoms with E-state index in [0.717, 1.165) is 75.9 Å². The van der Waals surface area contributed by atoms with Crippen LogP contribution in [-0.4, -0.2) is 65.3 Å². The number of benzene rings is 1. The van der Waals surface area contributed by atoms with E-state index in [1.165, 1.54) is 56.1 Å². The van der Waals surface area contributed by atoms with Crippen molar-refractivity contribution < 1.29 is 9.59 Å². The maximum absolute atomic E-state index is 13.3. The first-order chi connectivity index (χ1) is 16.6. The van der Waals surface area contributed by atoms with E-state index in [9.17, 15) is 9.59 Å². The van der Waals surface area contributed by atoms with Crippen LogP contribution in [0.5, 0.6) is 0 Å². The van der Waals surface area contributed by atoms with Gasteiger partial charge in [-0.2, -0.15) is 0 Å². The van der Waals surface area contributed by atoms with Crippen LogP contribution in [0.1, 0.15) is 92.6 Å². The minimum atomic E-state index is 0.181. The standard InChI is InChI=1S/C29H43N3O2/c1-2-5-22-8-10-23(11-9-22)28(33)32-17-14-24-20-25(12-13-26(24)21-32)29(34)31-16-4-15-30(18-19-31)27-6-3-7-27/h12-13,20,22-23,27H,2-11,14-19,21H2,1H3. The van der Waals surface area contributed by atoms with Gasteiger partial charge < -0.3 is 9.80 Å². The van der Waals surface area contributed by atoms with Gasteiger partial charge in [-0.05, 0) is 80.5 Å². The second-order valence-corrected chi connectivity index (χ2v) is 11.3. The molecule has 2 heterocycles. The largest absolute Gasteiger partial charge is 0.338 e. The van der Waals surface area contributed by atoms with E-state index in [2.05, 4.69) is 33.8 Å². The van der Waals surface area contributed by atoms with E-state index in [-0.39, 0.29) is 11.8 Å². The second kappa shape index (κ2) is 10.8.